The molecule has 1 aliphatic heterocycles. The predicted octanol–water partition coefficient (Wildman–Crippen LogP) is 7.15. The summed E-state index contributed by atoms with van der Waals surface area (Å²) in [5.74, 6) is 4.34. The van der Waals surface area contributed by atoms with Crippen molar-refractivity contribution in [3.05, 3.63) is 72.3 Å². The quantitative estimate of drug-likeness (QED) is 0.213. The highest BCUT2D eigenvalue weighted by molar-refractivity contribution is 5.95. The number of aryl methyl sites for hydroxylation is 1. The molecule has 5 aliphatic rings. The number of imidazole rings is 1. The molecular formula is C38H45N5O2. The van der Waals surface area contributed by atoms with Crippen LogP contribution in [-0.4, -0.2) is 60.1 Å². The second-order valence-electron chi connectivity index (χ2n) is 14.2. The van der Waals surface area contributed by atoms with E-state index >= 15 is 0 Å². The number of benzene rings is 3. The van der Waals surface area contributed by atoms with Gasteiger partial charge in [0.05, 0.1) is 16.6 Å². The van der Waals surface area contributed by atoms with Crippen LogP contribution < -0.4 is 15.0 Å². The lowest BCUT2D eigenvalue weighted by Crippen LogP contribution is -2.51. The molecule has 0 spiro atoms. The third-order valence-electron chi connectivity index (χ3n) is 11.1. The molecular weight excluding hydrogens is 558 g/mol. The van der Waals surface area contributed by atoms with E-state index in [1.165, 1.54) is 30.5 Å². The second kappa shape index (κ2) is 11.8. The molecule has 1 saturated heterocycles. The van der Waals surface area contributed by atoms with E-state index in [4.69, 9.17) is 9.72 Å². The van der Waals surface area contributed by atoms with Crippen molar-refractivity contribution in [1.82, 2.24) is 14.9 Å². The van der Waals surface area contributed by atoms with E-state index in [1.807, 2.05) is 24.3 Å². The third-order valence-corrected chi connectivity index (χ3v) is 11.1. The summed E-state index contributed by atoms with van der Waals surface area (Å²) in [6.45, 7) is 7.63. The number of aromatic nitrogens is 2. The standard InChI is InChI=1S/C38H45N5O2/c1-2-26-6-8-30(9-7-26)36-40-33-4-3-5-34(35(33)41-36)43-16-14-42(15-17-43)18-19-45-32-12-10-31(11-13-32)39-37(44)38-23-27-20-28(24-38)22-29(21-27)25-38/h3-13,27-29H,2,14-25H2,1H3,(H,39,44)(H,40,41). The fourth-order valence-electron chi connectivity index (χ4n) is 9.10. The van der Waals surface area contributed by atoms with E-state index < -0.39 is 0 Å². The van der Waals surface area contributed by atoms with Gasteiger partial charge in [0.2, 0.25) is 5.91 Å². The third kappa shape index (κ3) is 5.71. The van der Waals surface area contributed by atoms with Crippen LogP contribution in [0.5, 0.6) is 5.75 Å². The van der Waals surface area contributed by atoms with Gasteiger partial charge in [-0.1, -0.05) is 37.3 Å². The smallest absolute Gasteiger partial charge is 0.230 e. The number of rotatable bonds is 9. The van der Waals surface area contributed by atoms with E-state index in [1.54, 1.807) is 0 Å². The van der Waals surface area contributed by atoms with Crippen molar-refractivity contribution in [2.75, 3.05) is 49.5 Å². The Morgan fingerprint density at radius 3 is 2.27 bits per heavy atom. The monoisotopic (exact) mass is 603 g/mol. The first-order valence-electron chi connectivity index (χ1n) is 17.1. The number of carbonyl (C=O) groups is 1. The first kappa shape index (κ1) is 28.6. The summed E-state index contributed by atoms with van der Waals surface area (Å²) in [7, 11) is 0. The van der Waals surface area contributed by atoms with Crippen LogP contribution in [0.2, 0.25) is 0 Å². The van der Waals surface area contributed by atoms with Gasteiger partial charge in [0.25, 0.3) is 0 Å². The lowest BCUT2D eigenvalue weighted by Gasteiger charge is -2.55. The number of anilines is 2. The van der Waals surface area contributed by atoms with Gasteiger partial charge in [-0.25, -0.2) is 4.98 Å². The Labute approximate surface area is 266 Å². The molecule has 3 aromatic carbocycles. The molecule has 4 bridgehead atoms. The summed E-state index contributed by atoms with van der Waals surface area (Å²) in [5, 5.41) is 3.26. The van der Waals surface area contributed by atoms with Gasteiger partial charge in [0, 0.05) is 44.0 Å². The van der Waals surface area contributed by atoms with Crippen LogP contribution in [0, 0.1) is 23.2 Å². The maximum atomic E-state index is 13.4. The molecule has 0 atom stereocenters. The average molecular weight is 604 g/mol. The van der Waals surface area contributed by atoms with Gasteiger partial charge in [-0.15, -0.1) is 0 Å². The van der Waals surface area contributed by atoms with Crippen LogP contribution in [-0.2, 0) is 11.2 Å². The number of para-hydroxylation sites is 1. The molecule has 0 radical (unpaired) electrons. The van der Waals surface area contributed by atoms with E-state index in [2.05, 4.69) is 69.5 Å². The molecule has 4 aliphatic carbocycles. The summed E-state index contributed by atoms with van der Waals surface area (Å²) in [5.41, 5.74) is 6.54. The Morgan fingerprint density at radius 1 is 0.911 bits per heavy atom. The number of aromatic amines is 1. The summed E-state index contributed by atoms with van der Waals surface area (Å²) in [6, 6.07) is 23.1. The van der Waals surface area contributed by atoms with Crippen molar-refractivity contribution in [1.29, 1.82) is 0 Å². The zero-order chi connectivity index (χ0) is 30.4. The first-order valence-corrected chi connectivity index (χ1v) is 17.1. The summed E-state index contributed by atoms with van der Waals surface area (Å²) >= 11 is 0. The maximum Gasteiger partial charge on any atom is 0.230 e. The van der Waals surface area contributed by atoms with Crippen molar-refractivity contribution >= 4 is 28.3 Å². The zero-order valence-electron chi connectivity index (χ0n) is 26.4. The number of carbonyl (C=O) groups excluding carboxylic acids is 1. The molecule has 9 rings (SSSR count). The first-order chi connectivity index (χ1) is 22.0. The molecule has 1 aromatic heterocycles. The molecule has 2 N–H and O–H groups in total. The van der Waals surface area contributed by atoms with Crippen LogP contribution in [0.25, 0.3) is 22.4 Å². The zero-order valence-corrected chi connectivity index (χ0v) is 26.4. The minimum absolute atomic E-state index is 0.122. The number of hydrogen-bond donors (Lipinski definition) is 2. The fourth-order valence-corrected chi connectivity index (χ4v) is 9.10. The summed E-state index contributed by atoms with van der Waals surface area (Å²) in [6.07, 6.45) is 8.37. The Hall–Kier alpha value is -3.84. The molecule has 1 amide bonds. The second-order valence-corrected chi connectivity index (χ2v) is 14.2. The molecule has 2 heterocycles. The fraction of sp³-hybridized carbons (Fsp3) is 0.474. The number of ether oxygens (including phenoxy) is 1. The molecule has 234 valence electrons. The molecule has 7 nitrogen and oxygen atoms in total. The van der Waals surface area contributed by atoms with Crippen LogP contribution in [0.1, 0.15) is 51.0 Å². The van der Waals surface area contributed by atoms with Gasteiger partial charge < -0.3 is 19.9 Å². The van der Waals surface area contributed by atoms with Crippen LogP contribution in [0.3, 0.4) is 0 Å². The Balaban J connectivity index is 0.819. The molecule has 7 heteroatoms. The van der Waals surface area contributed by atoms with Crippen molar-refractivity contribution < 1.29 is 9.53 Å². The largest absolute Gasteiger partial charge is 0.492 e. The Kier molecular flexibility index (Phi) is 7.52. The molecule has 4 aromatic rings. The minimum atomic E-state index is -0.122. The highest BCUT2D eigenvalue weighted by Crippen LogP contribution is 2.60. The van der Waals surface area contributed by atoms with Gasteiger partial charge in [-0.05, 0) is 105 Å². The number of H-pyrrole nitrogens is 1. The lowest BCUT2D eigenvalue weighted by atomic mass is 9.49. The molecule has 45 heavy (non-hydrogen) atoms. The number of nitrogens with zero attached hydrogens (tertiary/aromatic N) is 3. The summed E-state index contributed by atoms with van der Waals surface area (Å²) in [4.78, 5) is 26.9. The summed E-state index contributed by atoms with van der Waals surface area (Å²) < 4.78 is 6.12. The molecule has 5 fully saturated rings. The SMILES string of the molecule is CCc1ccc(-c2nc3c(N4CCN(CCOc5ccc(NC(=O)C67CC8CC(CC(C8)C6)C7)cc5)CC4)cccc3[nH]2)cc1. The van der Waals surface area contributed by atoms with Gasteiger partial charge in [-0.2, -0.15) is 0 Å². The van der Waals surface area contributed by atoms with Crippen molar-refractivity contribution in [2.24, 2.45) is 23.2 Å². The van der Waals surface area contributed by atoms with Gasteiger partial charge >= 0.3 is 0 Å². The van der Waals surface area contributed by atoms with E-state index in [-0.39, 0.29) is 11.3 Å². The molecule has 4 saturated carbocycles. The number of amides is 1. The normalized spacial score (nSPS) is 26.0. The Morgan fingerprint density at radius 2 is 1.60 bits per heavy atom. The van der Waals surface area contributed by atoms with Crippen molar-refractivity contribution in [3.63, 3.8) is 0 Å². The topological polar surface area (TPSA) is 73.5 Å². The molecule has 0 unspecified atom stereocenters. The minimum Gasteiger partial charge on any atom is -0.492 e. The lowest BCUT2D eigenvalue weighted by molar-refractivity contribution is -0.140. The highest BCUT2D eigenvalue weighted by Gasteiger charge is 2.54. The van der Waals surface area contributed by atoms with Gasteiger partial charge in [0.1, 0.15) is 23.7 Å². The van der Waals surface area contributed by atoms with E-state index in [0.29, 0.717) is 6.61 Å². The van der Waals surface area contributed by atoms with E-state index in [0.717, 1.165) is 110 Å². The van der Waals surface area contributed by atoms with Crippen molar-refractivity contribution in [3.8, 4) is 17.1 Å². The Bertz CT molecular complexity index is 1620. The number of fused-ring (bicyclic) bond motifs is 1. The van der Waals surface area contributed by atoms with Crippen LogP contribution >= 0.6 is 0 Å². The van der Waals surface area contributed by atoms with Crippen LogP contribution in [0.4, 0.5) is 11.4 Å². The average Bonchev–Trinajstić information content (AvgIpc) is 3.50. The maximum absolute atomic E-state index is 13.4. The number of nitrogens with one attached hydrogen (secondary N) is 2. The van der Waals surface area contributed by atoms with E-state index in [9.17, 15) is 4.79 Å². The van der Waals surface area contributed by atoms with Gasteiger partial charge in [-0.3, -0.25) is 9.69 Å². The van der Waals surface area contributed by atoms with Crippen molar-refractivity contribution in [2.45, 2.75) is 51.9 Å². The van der Waals surface area contributed by atoms with Gasteiger partial charge in [0.15, 0.2) is 0 Å². The number of hydrogen-bond acceptors (Lipinski definition) is 5. The van der Waals surface area contributed by atoms with Crippen LogP contribution in [0.15, 0.2) is 66.7 Å². The highest BCUT2D eigenvalue weighted by atomic mass is 16.5. The predicted molar refractivity (Wildman–Crippen MR) is 181 cm³/mol. The number of piperazine rings is 1.